The van der Waals surface area contributed by atoms with Gasteiger partial charge >= 0.3 is 0 Å². The zero-order valence-electron chi connectivity index (χ0n) is 9.88. The molecule has 0 fully saturated rings. The highest BCUT2D eigenvalue weighted by Crippen LogP contribution is 2.41. The van der Waals surface area contributed by atoms with Crippen LogP contribution in [-0.4, -0.2) is 31.0 Å². The van der Waals surface area contributed by atoms with Crippen LogP contribution in [-0.2, 0) is 25.2 Å². The fourth-order valence-electron chi connectivity index (χ4n) is 2.10. The predicted molar refractivity (Wildman–Crippen MR) is 69.8 cm³/mol. The van der Waals surface area contributed by atoms with Crippen LogP contribution < -0.4 is 5.73 Å². The van der Waals surface area contributed by atoms with E-state index in [9.17, 15) is 21.9 Å². The van der Waals surface area contributed by atoms with E-state index in [0.717, 1.165) is 18.2 Å². The molecule has 10 heteroatoms. The fourth-order valence-corrected chi connectivity index (χ4v) is 3.69. The molecule has 0 spiro atoms. The average Bonchev–Trinajstić information content (AvgIpc) is 2.25. The van der Waals surface area contributed by atoms with Gasteiger partial charge in [-0.1, -0.05) is 18.2 Å². The Bertz CT molecular complexity index is 810. The van der Waals surface area contributed by atoms with Crippen LogP contribution >= 0.6 is 0 Å². The van der Waals surface area contributed by atoms with Crippen molar-refractivity contribution >= 4 is 32.0 Å². The normalized spacial score (nSPS) is 22.6. The maximum atomic E-state index is 11.3. The van der Waals surface area contributed by atoms with Gasteiger partial charge in [-0.3, -0.25) is 9.11 Å². The topological polar surface area (TPSA) is 155 Å². The summed E-state index contributed by atoms with van der Waals surface area (Å²) in [4.78, 5) is -3.41. The van der Waals surface area contributed by atoms with E-state index >= 15 is 0 Å². The van der Waals surface area contributed by atoms with Crippen LogP contribution in [0.25, 0.3) is 6.08 Å². The number of aliphatic hydroxyl groups is 1. The van der Waals surface area contributed by atoms with Gasteiger partial charge in [-0.05, 0) is 6.07 Å². The average molecular weight is 321 g/mol. The molecule has 0 radical (unpaired) electrons. The van der Waals surface area contributed by atoms with Crippen LogP contribution in [0.5, 0.6) is 0 Å². The van der Waals surface area contributed by atoms with Crippen molar-refractivity contribution in [3.63, 3.8) is 0 Å². The number of nitrogen functional groups attached to an aromatic ring is 1. The number of hydrogen-bond donors (Lipinski definition) is 4. The Kier molecular flexibility index (Phi) is 3.19. The molecule has 0 bridgehead atoms. The quantitative estimate of drug-likeness (QED) is 0.437. The number of benzene rings is 1. The van der Waals surface area contributed by atoms with Crippen molar-refractivity contribution in [1.82, 2.24) is 0 Å². The van der Waals surface area contributed by atoms with E-state index in [2.05, 4.69) is 0 Å². The van der Waals surface area contributed by atoms with E-state index < -0.39 is 36.5 Å². The molecule has 0 saturated heterocycles. The number of rotatable bonds is 2. The van der Waals surface area contributed by atoms with Gasteiger partial charge in [0.05, 0.1) is 5.69 Å². The first-order valence-electron chi connectivity index (χ1n) is 5.25. The lowest BCUT2D eigenvalue weighted by molar-refractivity contribution is 0.114. The summed E-state index contributed by atoms with van der Waals surface area (Å²) in [6.45, 7) is 0. The molecule has 5 N–H and O–H groups in total. The largest absolute Gasteiger partial charge is 0.398 e. The summed E-state index contributed by atoms with van der Waals surface area (Å²) in [7, 11) is -9.66. The second-order valence-corrected chi connectivity index (χ2v) is 7.27. The van der Waals surface area contributed by atoms with Gasteiger partial charge in [-0.15, -0.1) is 0 Å². The summed E-state index contributed by atoms with van der Waals surface area (Å²) in [5.74, 6) is 0. The van der Waals surface area contributed by atoms with E-state index in [0.29, 0.717) is 0 Å². The highest BCUT2D eigenvalue weighted by atomic mass is 32.2. The summed E-state index contributed by atoms with van der Waals surface area (Å²) in [5, 5.41) is 10.1. The first-order chi connectivity index (χ1) is 8.98. The molecule has 1 unspecified atom stereocenters. The SMILES string of the molecule is Nc1ccc2c(c1S(=O)(=O)O)C=CCC2(O)S(=O)(=O)O. The zero-order chi connectivity index (χ0) is 15.3. The molecule has 20 heavy (non-hydrogen) atoms. The molecule has 0 amide bonds. The van der Waals surface area contributed by atoms with Gasteiger partial charge in [-0.25, -0.2) is 0 Å². The first kappa shape index (κ1) is 14.9. The molecule has 1 aliphatic rings. The Morgan fingerprint density at radius 1 is 1.15 bits per heavy atom. The Labute approximate surface area is 115 Å². The van der Waals surface area contributed by atoms with E-state index in [-0.39, 0.29) is 16.8 Å². The molecule has 2 rings (SSSR count). The van der Waals surface area contributed by atoms with Crippen LogP contribution in [0.15, 0.2) is 23.1 Å². The van der Waals surface area contributed by atoms with Crippen molar-refractivity contribution in [2.45, 2.75) is 16.2 Å². The van der Waals surface area contributed by atoms with Gasteiger partial charge < -0.3 is 10.8 Å². The number of hydrogen-bond acceptors (Lipinski definition) is 6. The van der Waals surface area contributed by atoms with Crippen molar-refractivity contribution in [2.24, 2.45) is 0 Å². The van der Waals surface area contributed by atoms with Gasteiger partial charge in [0.25, 0.3) is 20.2 Å². The Morgan fingerprint density at radius 2 is 1.75 bits per heavy atom. The molecule has 0 heterocycles. The third kappa shape index (κ3) is 2.11. The minimum Gasteiger partial charge on any atom is -0.398 e. The standard InChI is InChI=1S/C10H11NO7S2/c11-8-4-3-7-6(9(8)19(13,14)15)2-1-5-10(7,12)20(16,17)18/h1-4,12H,5,11H2,(H,13,14,15)(H,16,17,18). The lowest BCUT2D eigenvalue weighted by Gasteiger charge is -2.29. The van der Waals surface area contributed by atoms with Gasteiger partial charge in [-0.2, -0.15) is 16.8 Å². The molecular formula is C10H11NO7S2. The summed E-state index contributed by atoms with van der Waals surface area (Å²) in [5.41, 5.74) is 4.50. The highest BCUT2D eigenvalue weighted by Gasteiger charge is 2.46. The van der Waals surface area contributed by atoms with Crippen molar-refractivity contribution < 1.29 is 31.0 Å². The molecular weight excluding hydrogens is 310 g/mol. The van der Waals surface area contributed by atoms with Crippen LogP contribution in [0, 0.1) is 0 Å². The summed E-state index contributed by atoms with van der Waals surface area (Å²) in [6, 6.07) is 2.11. The molecule has 0 aromatic heterocycles. The third-order valence-corrected chi connectivity index (χ3v) is 5.22. The Balaban J connectivity index is 2.92. The van der Waals surface area contributed by atoms with E-state index in [4.69, 9.17) is 14.8 Å². The second kappa shape index (κ2) is 4.27. The lowest BCUT2D eigenvalue weighted by Crippen LogP contribution is -2.37. The third-order valence-electron chi connectivity index (χ3n) is 3.01. The number of anilines is 1. The smallest absolute Gasteiger partial charge is 0.299 e. The molecule has 1 aromatic carbocycles. The molecule has 0 saturated carbocycles. The predicted octanol–water partition coefficient (Wildman–Crippen LogP) is -0.0347. The Morgan fingerprint density at radius 3 is 2.25 bits per heavy atom. The molecule has 0 aliphatic heterocycles. The molecule has 110 valence electrons. The Hall–Kier alpha value is -1.46. The van der Waals surface area contributed by atoms with Crippen molar-refractivity contribution in [3.05, 3.63) is 29.3 Å². The highest BCUT2D eigenvalue weighted by molar-refractivity contribution is 7.86. The van der Waals surface area contributed by atoms with Crippen LogP contribution in [0.4, 0.5) is 5.69 Å². The minimum atomic E-state index is -4.93. The molecule has 1 atom stereocenters. The van der Waals surface area contributed by atoms with Gasteiger partial charge in [0.15, 0.2) is 0 Å². The van der Waals surface area contributed by atoms with Crippen LogP contribution in [0.3, 0.4) is 0 Å². The summed E-state index contributed by atoms with van der Waals surface area (Å²) < 4.78 is 63.7. The van der Waals surface area contributed by atoms with E-state index in [1.807, 2.05) is 0 Å². The van der Waals surface area contributed by atoms with Crippen molar-refractivity contribution in [2.75, 3.05) is 5.73 Å². The second-order valence-electron chi connectivity index (χ2n) is 4.29. The zero-order valence-corrected chi connectivity index (χ0v) is 11.5. The van der Waals surface area contributed by atoms with Gasteiger partial charge in [0.1, 0.15) is 4.90 Å². The van der Waals surface area contributed by atoms with Crippen molar-refractivity contribution in [1.29, 1.82) is 0 Å². The van der Waals surface area contributed by atoms with Crippen LogP contribution in [0.1, 0.15) is 17.5 Å². The monoisotopic (exact) mass is 321 g/mol. The fraction of sp³-hybridized carbons (Fsp3) is 0.200. The molecule has 8 nitrogen and oxygen atoms in total. The maximum Gasteiger partial charge on any atom is 0.299 e. The molecule has 1 aromatic rings. The molecule has 1 aliphatic carbocycles. The van der Waals surface area contributed by atoms with Crippen molar-refractivity contribution in [3.8, 4) is 0 Å². The number of fused-ring (bicyclic) bond motifs is 1. The lowest BCUT2D eigenvalue weighted by atomic mass is 9.93. The first-order valence-corrected chi connectivity index (χ1v) is 8.13. The minimum absolute atomic E-state index is 0.279. The summed E-state index contributed by atoms with van der Waals surface area (Å²) >= 11 is 0. The van der Waals surface area contributed by atoms with Gasteiger partial charge in [0, 0.05) is 17.5 Å². The number of nitrogens with two attached hydrogens (primary N) is 1. The van der Waals surface area contributed by atoms with E-state index in [1.165, 1.54) is 6.08 Å². The van der Waals surface area contributed by atoms with Gasteiger partial charge in [0.2, 0.25) is 4.93 Å². The summed E-state index contributed by atoms with van der Waals surface area (Å²) in [6.07, 6.45) is 1.90. The van der Waals surface area contributed by atoms with Crippen LogP contribution in [0.2, 0.25) is 0 Å². The van der Waals surface area contributed by atoms with E-state index in [1.54, 1.807) is 0 Å². The maximum absolute atomic E-state index is 11.3.